The fourth-order valence-electron chi connectivity index (χ4n) is 3.39. The Morgan fingerprint density at radius 3 is 2.70 bits per heavy atom. The first-order valence-corrected chi connectivity index (χ1v) is 9.78. The first-order chi connectivity index (χ1) is 13.0. The van der Waals surface area contributed by atoms with Gasteiger partial charge in [0.2, 0.25) is 0 Å². The largest absolute Gasteiger partial charge is 0.497 e. The SMILES string of the molecule is COc1ccc(OC)c(CN(C(=O)c2cc3c(C)nn(C)c3s2)C2CC2)c1. The molecule has 1 amide bonds. The Hall–Kier alpha value is -2.54. The van der Waals surface area contributed by atoms with Crippen molar-refractivity contribution in [3.8, 4) is 11.5 Å². The number of carbonyl (C=O) groups excluding carboxylic acids is 1. The molecule has 0 radical (unpaired) electrons. The number of rotatable bonds is 6. The zero-order valence-corrected chi connectivity index (χ0v) is 16.8. The van der Waals surface area contributed by atoms with E-state index in [9.17, 15) is 4.79 Å². The van der Waals surface area contributed by atoms with Crippen LogP contribution < -0.4 is 9.47 Å². The second-order valence-electron chi connectivity index (χ2n) is 6.88. The van der Waals surface area contributed by atoms with Crippen LogP contribution in [0.15, 0.2) is 24.3 Å². The van der Waals surface area contributed by atoms with Crippen molar-refractivity contribution in [1.29, 1.82) is 0 Å². The Kier molecular flexibility index (Phi) is 4.55. The smallest absolute Gasteiger partial charge is 0.264 e. The van der Waals surface area contributed by atoms with Gasteiger partial charge in [-0.25, -0.2) is 0 Å². The van der Waals surface area contributed by atoms with Crippen molar-refractivity contribution in [1.82, 2.24) is 14.7 Å². The molecular weight excluding hydrogens is 362 g/mol. The van der Waals surface area contributed by atoms with E-state index in [4.69, 9.17) is 9.47 Å². The molecule has 0 bridgehead atoms. The highest BCUT2D eigenvalue weighted by molar-refractivity contribution is 7.20. The Morgan fingerprint density at radius 1 is 1.30 bits per heavy atom. The number of hydrogen-bond donors (Lipinski definition) is 0. The molecule has 1 aliphatic carbocycles. The van der Waals surface area contributed by atoms with Gasteiger partial charge in [0.25, 0.3) is 5.91 Å². The highest BCUT2D eigenvalue weighted by Gasteiger charge is 2.34. The molecule has 6 nitrogen and oxygen atoms in total. The van der Waals surface area contributed by atoms with Crippen LogP contribution in [0.1, 0.15) is 33.8 Å². The summed E-state index contributed by atoms with van der Waals surface area (Å²) in [6.07, 6.45) is 2.09. The van der Waals surface area contributed by atoms with E-state index in [0.29, 0.717) is 6.54 Å². The molecule has 2 aromatic heterocycles. The van der Waals surface area contributed by atoms with Crippen LogP contribution in [-0.4, -0.2) is 40.8 Å². The van der Waals surface area contributed by atoms with Gasteiger partial charge < -0.3 is 14.4 Å². The molecule has 1 aliphatic rings. The first-order valence-electron chi connectivity index (χ1n) is 8.97. The summed E-state index contributed by atoms with van der Waals surface area (Å²) in [7, 11) is 5.21. The van der Waals surface area contributed by atoms with E-state index in [0.717, 1.165) is 50.7 Å². The van der Waals surface area contributed by atoms with Crippen LogP contribution in [0.4, 0.5) is 0 Å². The molecule has 142 valence electrons. The fourth-order valence-corrected chi connectivity index (χ4v) is 4.47. The van der Waals surface area contributed by atoms with Crippen LogP contribution in [-0.2, 0) is 13.6 Å². The number of thiophene rings is 1. The highest BCUT2D eigenvalue weighted by atomic mass is 32.1. The summed E-state index contributed by atoms with van der Waals surface area (Å²) in [4.78, 5) is 17.1. The molecule has 0 N–H and O–H groups in total. The standard InChI is InChI=1S/C20H23N3O3S/c1-12-16-10-18(27-20(16)22(2)21-12)19(24)23(14-5-6-14)11-13-9-15(25-3)7-8-17(13)26-4/h7-10,14H,5-6,11H2,1-4H3. The van der Waals surface area contributed by atoms with Crippen molar-refractivity contribution >= 4 is 27.5 Å². The lowest BCUT2D eigenvalue weighted by Crippen LogP contribution is -2.32. The molecule has 3 aromatic rings. The van der Waals surface area contributed by atoms with E-state index in [1.165, 1.54) is 11.3 Å². The minimum Gasteiger partial charge on any atom is -0.497 e. The maximum atomic E-state index is 13.3. The summed E-state index contributed by atoms with van der Waals surface area (Å²) in [5.74, 6) is 1.60. The molecule has 1 aromatic carbocycles. The van der Waals surface area contributed by atoms with Crippen LogP contribution >= 0.6 is 11.3 Å². The Balaban J connectivity index is 1.66. The Labute approximate surface area is 162 Å². The topological polar surface area (TPSA) is 56.6 Å². The summed E-state index contributed by atoms with van der Waals surface area (Å²) in [6.45, 7) is 2.48. The minimum atomic E-state index is 0.0722. The van der Waals surface area contributed by atoms with E-state index < -0.39 is 0 Å². The minimum absolute atomic E-state index is 0.0722. The van der Waals surface area contributed by atoms with Crippen LogP contribution in [0.25, 0.3) is 10.2 Å². The second kappa shape index (κ2) is 6.88. The number of nitrogens with zero attached hydrogens (tertiary/aromatic N) is 3. The summed E-state index contributed by atoms with van der Waals surface area (Å²) in [6, 6.07) is 7.97. The number of fused-ring (bicyclic) bond motifs is 1. The van der Waals surface area contributed by atoms with Crippen LogP contribution in [0.2, 0.25) is 0 Å². The molecule has 4 rings (SSSR count). The molecule has 2 heterocycles. The van der Waals surface area contributed by atoms with Gasteiger partial charge in [0.15, 0.2) is 0 Å². The third kappa shape index (κ3) is 3.27. The zero-order valence-electron chi connectivity index (χ0n) is 16.0. The molecule has 0 atom stereocenters. The van der Waals surface area contributed by atoms with Gasteiger partial charge in [0, 0.05) is 24.0 Å². The van der Waals surface area contributed by atoms with Crippen molar-refractivity contribution in [2.45, 2.75) is 32.4 Å². The normalized spacial score (nSPS) is 13.8. The van der Waals surface area contributed by atoms with Gasteiger partial charge in [-0.2, -0.15) is 5.10 Å². The molecule has 1 fully saturated rings. The average molecular weight is 385 g/mol. The number of amides is 1. The van der Waals surface area contributed by atoms with Gasteiger partial charge in [-0.15, -0.1) is 11.3 Å². The number of aryl methyl sites for hydroxylation is 2. The lowest BCUT2D eigenvalue weighted by molar-refractivity contribution is 0.0733. The molecule has 7 heteroatoms. The lowest BCUT2D eigenvalue weighted by Gasteiger charge is -2.23. The number of aromatic nitrogens is 2. The molecule has 0 spiro atoms. The zero-order chi connectivity index (χ0) is 19.1. The summed E-state index contributed by atoms with van der Waals surface area (Å²) < 4.78 is 12.7. The van der Waals surface area contributed by atoms with Gasteiger partial charge >= 0.3 is 0 Å². The first kappa shape index (κ1) is 17.9. The third-order valence-corrected chi connectivity index (χ3v) is 6.17. The second-order valence-corrected chi connectivity index (χ2v) is 7.91. The number of hydrogen-bond acceptors (Lipinski definition) is 5. The molecule has 0 unspecified atom stereocenters. The Morgan fingerprint density at radius 2 is 2.07 bits per heavy atom. The third-order valence-electron chi connectivity index (χ3n) is 4.98. The van der Waals surface area contributed by atoms with E-state index in [2.05, 4.69) is 5.10 Å². The maximum absolute atomic E-state index is 13.3. The van der Waals surface area contributed by atoms with Gasteiger partial charge in [0.05, 0.1) is 31.3 Å². The molecular formula is C20H23N3O3S. The molecule has 0 aliphatic heterocycles. The summed E-state index contributed by atoms with van der Waals surface area (Å²) in [5.41, 5.74) is 1.91. The average Bonchev–Trinajstić information content (AvgIpc) is 3.35. The van der Waals surface area contributed by atoms with Crippen molar-refractivity contribution in [3.05, 3.63) is 40.4 Å². The number of carbonyl (C=O) groups is 1. The molecule has 1 saturated carbocycles. The van der Waals surface area contributed by atoms with Crippen molar-refractivity contribution < 1.29 is 14.3 Å². The van der Waals surface area contributed by atoms with Gasteiger partial charge in [-0.3, -0.25) is 9.48 Å². The highest BCUT2D eigenvalue weighted by Crippen LogP contribution is 2.35. The van der Waals surface area contributed by atoms with Crippen LogP contribution in [0.5, 0.6) is 11.5 Å². The number of benzene rings is 1. The number of ether oxygens (including phenoxy) is 2. The Bertz CT molecular complexity index is 969. The van der Waals surface area contributed by atoms with Gasteiger partial charge in [-0.05, 0) is 44.0 Å². The molecule has 0 saturated heterocycles. The maximum Gasteiger partial charge on any atom is 0.264 e. The van der Waals surface area contributed by atoms with E-state index >= 15 is 0 Å². The monoisotopic (exact) mass is 385 g/mol. The van der Waals surface area contributed by atoms with Crippen molar-refractivity contribution in [2.24, 2.45) is 7.05 Å². The summed E-state index contributed by atoms with van der Waals surface area (Å²) in [5, 5.41) is 5.48. The predicted molar refractivity (Wildman–Crippen MR) is 106 cm³/mol. The molecule has 27 heavy (non-hydrogen) atoms. The van der Waals surface area contributed by atoms with Crippen LogP contribution in [0.3, 0.4) is 0 Å². The fraction of sp³-hybridized carbons (Fsp3) is 0.400. The van der Waals surface area contributed by atoms with Gasteiger partial charge in [-0.1, -0.05) is 0 Å². The lowest BCUT2D eigenvalue weighted by atomic mass is 10.1. The van der Waals surface area contributed by atoms with E-state index in [1.54, 1.807) is 14.2 Å². The predicted octanol–water partition coefficient (Wildman–Crippen LogP) is 3.77. The van der Waals surface area contributed by atoms with Crippen molar-refractivity contribution in [3.63, 3.8) is 0 Å². The summed E-state index contributed by atoms with van der Waals surface area (Å²) >= 11 is 1.51. The number of methoxy groups -OCH3 is 2. The van der Waals surface area contributed by atoms with E-state index in [-0.39, 0.29) is 11.9 Å². The van der Waals surface area contributed by atoms with Gasteiger partial charge in [0.1, 0.15) is 16.3 Å². The van der Waals surface area contributed by atoms with Crippen LogP contribution in [0, 0.1) is 6.92 Å². The van der Waals surface area contributed by atoms with E-state index in [1.807, 2.05) is 47.8 Å². The van der Waals surface area contributed by atoms with Crippen molar-refractivity contribution in [2.75, 3.05) is 14.2 Å². The quantitative estimate of drug-likeness (QED) is 0.648.